The predicted octanol–water partition coefficient (Wildman–Crippen LogP) is 5.36. The highest BCUT2D eigenvalue weighted by molar-refractivity contribution is 5.10. The number of allylic oxidation sites excluding steroid dienone is 2. The maximum Gasteiger partial charge on any atom is 0.0951 e. The summed E-state index contributed by atoms with van der Waals surface area (Å²) in [6.45, 7) is 0.971. The Balaban J connectivity index is 1.94. The van der Waals surface area contributed by atoms with Crippen LogP contribution in [-0.4, -0.2) is 6.61 Å². The van der Waals surface area contributed by atoms with Gasteiger partial charge in [0.05, 0.1) is 12.4 Å². The molecule has 1 heteroatoms. The molecule has 0 aromatic carbocycles. The molecule has 0 atom stereocenters. The van der Waals surface area contributed by atoms with Gasteiger partial charge in [-0.2, -0.15) is 0 Å². The Labute approximate surface area is 107 Å². The average molecular weight is 236 g/mol. The fraction of sp³-hybridized carbons (Fsp3) is 0.875. The Hall–Kier alpha value is -0.460. The topological polar surface area (TPSA) is 9.23 Å². The quantitative estimate of drug-likeness (QED) is 0.550. The second-order valence-electron chi connectivity index (χ2n) is 5.66. The molecule has 0 fully saturated rings. The Bertz CT molecular complexity index is 218. The molecule has 1 nitrogen and oxygen atoms in total. The number of hydrogen-bond donors (Lipinski definition) is 0. The van der Waals surface area contributed by atoms with Gasteiger partial charge in [-0.05, 0) is 44.1 Å². The Morgan fingerprint density at radius 2 is 1.06 bits per heavy atom. The first kappa shape index (κ1) is 13.0. The molecule has 1 heterocycles. The van der Waals surface area contributed by atoms with Crippen LogP contribution in [0.4, 0.5) is 0 Å². The lowest BCUT2D eigenvalue weighted by Crippen LogP contribution is -1.98. The van der Waals surface area contributed by atoms with Crippen molar-refractivity contribution < 1.29 is 4.74 Å². The van der Waals surface area contributed by atoms with E-state index in [2.05, 4.69) is 0 Å². The summed E-state index contributed by atoms with van der Waals surface area (Å²) < 4.78 is 5.99. The van der Waals surface area contributed by atoms with E-state index < -0.39 is 0 Å². The fourth-order valence-corrected chi connectivity index (χ4v) is 3.08. The van der Waals surface area contributed by atoms with Gasteiger partial charge in [0.25, 0.3) is 0 Å². The van der Waals surface area contributed by atoms with Crippen molar-refractivity contribution in [2.24, 2.45) is 0 Å². The van der Waals surface area contributed by atoms with Crippen LogP contribution < -0.4 is 0 Å². The molecule has 2 aliphatic rings. The largest absolute Gasteiger partial charge is 0.498 e. The number of rotatable bonds is 0. The van der Waals surface area contributed by atoms with E-state index in [1.165, 1.54) is 89.2 Å². The Morgan fingerprint density at radius 1 is 0.529 bits per heavy atom. The summed E-state index contributed by atoms with van der Waals surface area (Å²) in [6.07, 6.45) is 17.8. The summed E-state index contributed by atoms with van der Waals surface area (Å²) in [5.41, 5.74) is 1.67. The van der Waals surface area contributed by atoms with Crippen molar-refractivity contribution in [1.82, 2.24) is 0 Å². The molecule has 0 N–H and O–H groups in total. The fourth-order valence-electron chi connectivity index (χ4n) is 3.08. The molecule has 0 amide bonds. The molecule has 0 radical (unpaired) electrons. The molecule has 0 spiro atoms. The second-order valence-corrected chi connectivity index (χ2v) is 5.66. The van der Waals surface area contributed by atoms with Crippen LogP contribution >= 0.6 is 0 Å². The lowest BCUT2D eigenvalue weighted by atomic mass is 9.97. The summed E-state index contributed by atoms with van der Waals surface area (Å²) in [5, 5.41) is 0. The van der Waals surface area contributed by atoms with Crippen LogP contribution in [0.5, 0.6) is 0 Å². The summed E-state index contributed by atoms with van der Waals surface area (Å²) in [5.74, 6) is 1.39. The van der Waals surface area contributed by atoms with Gasteiger partial charge >= 0.3 is 0 Å². The molecular weight excluding hydrogens is 208 g/mol. The minimum absolute atomic E-state index is 0.971. The molecule has 98 valence electrons. The highest BCUT2D eigenvalue weighted by atomic mass is 16.5. The minimum Gasteiger partial charge on any atom is -0.498 e. The van der Waals surface area contributed by atoms with Crippen molar-refractivity contribution in [3.8, 4) is 0 Å². The van der Waals surface area contributed by atoms with E-state index >= 15 is 0 Å². The first-order valence-corrected chi connectivity index (χ1v) is 7.80. The zero-order chi connectivity index (χ0) is 11.8. The normalized spacial score (nSPS) is 24.9. The van der Waals surface area contributed by atoms with E-state index in [0.29, 0.717) is 0 Å². The molecule has 0 saturated heterocycles. The van der Waals surface area contributed by atoms with Crippen LogP contribution in [0, 0.1) is 0 Å². The summed E-state index contributed by atoms with van der Waals surface area (Å²) in [4.78, 5) is 0. The van der Waals surface area contributed by atoms with Crippen LogP contribution in [0.1, 0.15) is 83.5 Å². The van der Waals surface area contributed by atoms with E-state index in [9.17, 15) is 0 Å². The van der Waals surface area contributed by atoms with Crippen LogP contribution in [0.2, 0.25) is 0 Å². The smallest absolute Gasteiger partial charge is 0.0951 e. The van der Waals surface area contributed by atoms with Crippen LogP contribution in [0.3, 0.4) is 0 Å². The molecule has 17 heavy (non-hydrogen) atoms. The third kappa shape index (κ3) is 4.73. The molecule has 1 aliphatic carbocycles. The highest BCUT2D eigenvalue weighted by Crippen LogP contribution is 2.28. The van der Waals surface area contributed by atoms with Gasteiger partial charge in [0.15, 0.2) is 0 Å². The van der Waals surface area contributed by atoms with Crippen LogP contribution in [-0.2, 0) is 4.74 Å². The van der Waals surface area contributed by atoms with Crippen molar-refractivity contribution in [3.63, 3.8) is 0 Å². The molecule has 0 bridgehead atoms. The zero-order valence-electron chi connectivity index (χ0n) is 11.3. The maximum absolute atomic E-state index is 5.99. The van der Waals surface area contributed by atoms with Crippen LogP contribution in [0.25, 0.3) is 0 Å². The first-order chi connectivity index (χ1) is 8.47. The van der Waals surface area contributed by atoms with Gasteiger partial charge in [-0.1, -0.05) is 38.5 Å². The lowest BCUT2D eigenvalue weighted by molar-refractivity contribution is 0.199. The Morgan fingerprint density at radius 3 is 1.76 bits per heavy atom. The van der Waals surface area contributed by atoms with Gasteiger partial charge in [-0.15, -0.1) is 0 Å². The molecule has 0 unspecified atom stereocenters. The number of ether oxygens (including phenoxy) is 1. The highest BCUT2D eigenvalue weighted by Gasteiger charge is 2.12. The van der Waals surface area contributed by atoms with Crippen molar-refractivity contribution in [2.45, 2.75) is 83.5 Å². The molecule has 0 aromatic heterocycles. The van der Waals surface area contributed by atoms with Gasteiger partial charge in [0.1, 0.15) is 0 Å². The second kappa shape index (κ2) is 7.79. The molecule has 0 saturated carbocycles. The monoisotopic (exact) mass is 236 g/mol. The van der Waals surface area contributed by atoms with E-state index in [4.69, 9.17) is 4.74 Å². The van der Waals surface area contributed by atoms with E-state index in [-0.39, 0.29) is 0 Å². The molecule has 1 aliphatic heterocycles. The van der Waals surface area contributed by atoms with Gasteiger partial charge in [-0.3, -0.25) is 0 Å². The Kier molecular flexibility index (Phi) is 5.95. The van der Waals surface area contributed by atoms with Gasteiger partial charge in [0, 0.05) is 6.42 Å². The summed E-state index contributed by atoms with van der Waals surface area (Å²) in [6, 6.07) is 0. The van der Waals surface area contributed by atoms with Gasteiger partial charge < -0.3 is 4.74 Å². The van der Waals surface area contributed by atoms with Crippen molar-refractivity contribution in [1.29, 1.82) is 0 Å². The molecule has 2 rings (SSSR count). The van der Waals surface area contributed by atoms with Crippen molar-refractivity contribution >= 4 is 0 Å². The predicted molar refractivity (Wildman–Crippen MR) is 73.0 cm³/mol. The van der Waals surface area contributed by atoms with E-state index in [0.717, 1.165) is 6.61 Å². The zero-order valence-corrected chi connectivity index (χ0v) is 11.3. The summed E-state index contributed by atoms with van der Waals surface area (Å²) in [7, 11) is 0. The van der Waals surface area contributed by atoms with Crippen LogP contribution in [0.15, 0.2) is 11.3 Å². The average Bonchev–Trinajstić information content (AvgIpc) is 2.55. The van der Waals surface area contributed by atoms with E-state index in [1.807, 2.05) is 0 Å². The standard InChI is InChI=1S/C16H28O/c1-2-4-6-8-13-16-15(11-7-5-3-1)12-9-10-14-17-16/h1-14H2. The molecular formula is C16H28O. The lowest BCUT2D eigenvalue weighted by Gasteiger charge is -2.14. The maximum atomic E-state index is 5.99. The van der Waals surface area contributed by atoms with Crippen molar-refractivity contribution in [3.05, 3.63) is 11.3 Å². The third-order valence-corrected chi connectivity index (χ3v) is 4.18. The van der Waals surface area contributed by atoms with Gasteiger partial charge in [-0.25, -0.2) is 0 Å². The minimum atomic E-state index is 0.971. The third-order valence-electron chi connectivity index (χ3n) is 4.18. The summed E-state index contributed by atoms with van der Waals surface area (Å²) >= 11 is 0. The van der Waals surface area contributed by atoms with E-state index in [1.54, 1.807) is 5.57 Å². The first-order valence-electron chi connectivity index (χ1n) is 7.80. The molecule has 0 aromatic rings. The number of hydrogen-bond acceptors (Lipinski definition) is 1. The van der Waals surface area contributed by atoms with Gasteiger partial charge in [0.2, 0.25) is 0 Å². The SMILES string of the molecule is C1CCCCCC2=C(CCCC1)CCCCO2. The van der Waals surface area contributed by atoms with Crippen molar-refractivity contribution in [2.75, 3.05) is 6.61 Å².